The number of aryl methyl sites for hydroxylation is 1. The van der Waals surface area contributed by atoms with Gasteiger partial charge in [-0.25, -0.2) is 4.79 Å². The van der Waals surface area contributed by atoms with E-state index in [1.807, 2.05) is 23.5 Å². The Kier molecular flexibility index (Phi) is 10.1. The van der Waals surface area contributed by atoms with Gasteiger partial charge in [-0.15, -0.1) is 11.3 Å². The number of nitrogens with zero attached hydrogens (tertiary/aromatic N) is 2. The fourth-order valence-electron chi connectivity index (χ4n) is 4.79. The number of benzene rings is 2. The van der Waals surface area contributed by atoms with Gasteiger partial charge in [0.1, 0.15) is 11.6 Å². The molecule has 2 heterocycles. The van der Waals surface area contributed by atoms with E-state index in [2.05, 4.69) is 55.1 Å². The first kappa shape index (κ1) is 28.0. The molecule has 38 heavy (non-hydrogen) atoms. The maximum absolute atomic E-state index is 11.4. The molecular weight excluding hydrogens is 508 g/mol. The molecule has 0 bridgehead atoms. The fourth-order valence-corrected chi connectivity index (χ4v) is 7.01. The van der Waals surface area contributed by atoms with Gasteiger partial charge in [-0.2, -0.15) is 5.26 Å². The van der Waals surface area contributed by atoms with E-state index in [0.29, 0.717) is 0 Å². The molecule has 3 aromatic rings. The van der Waals surface area contributed by atoms with Gasteiger partial charge in [0, 0.05) is 26.1 Å². The van der Waals surface area contributed by atoms with Crippen LogP contribution >= 0.6 is 23.1 Å². The molecule has 4 rings (SSSR count). The highest BCUT2D eigenvalue weighted by Gasteiger charge is 2.24. The van der Waals surface area contributed by atoms with Gasteiger partial charge >= 0.3 is 5.97 Å². The number of thiophene rings is 1. The molecule has 0 radical (unpaired) electrons. The SMILES string of the molecule is CCCCCCc1ccc(-c2ccc3c(c2)Sc2cc(/C=C(/C#N)C(=O)O)ccc2N3CCCCCC)s1. The number of anilines is 2. The monoisotopic (exact) mass is 544 g/mol. The molecule has 1 aliphatic heterocycles. The highest BCUT2D eigenvalue weighted by Crippen LogP contribution is 2.50. The van der Waals surface area contributed by atoms with Gasteiger partial charge in [0.25, 0.3) is 0 Å². The number of carboxylic acid groups (broad SMARTS) is 1. The zero-order valence-electron chi connectivity index (χ0n) is 22.3. The van der Waals surface area contributed by atoms with Crippen molar-refractivity contribution in [3.05, 3.63) is 64.5 Å². The average Bonchev–Trinajstić information content (AvgIpc) is 3.40. The maximum atomic E-state index is 11.4. The number of rotatable bonds is 13. The van der Waals surface area contributed by atoms with E-state index in [0.717, 1.165) is 35.5 Å². The molecule has 198 valence electrons. The van der Waals surface area contributed by atoms with Crippen LogP contribution in [0, 0.1) is 11.3 Å². The van der Waals surface area contributed by atoms with Crippen molar-refractivity contribution in [2.75, 3.05) is 11.4 Å². The summed E-state index contributed by atoms with van der Waals surface area (Å²) in [5.41, 5.74) is 4.08. The van der Waals surface area contributed by atoms with Crippen LogP contribution in [-0.4, -0.2) is 17.6 Å². The Morgan fingerprint density at radius 2 is 1.63 bits per heavy atom. The van der Waals surface area contributed by atoms with Crippen molar-refractivity contribution in [1.29, 1.82) is 5.26 Å². The number of carboxylic acids is 1. The lowest BCUT2D eigenvalue weighted by Crippen LogP contribution is -2.22. The molecular formula is C32H36N2O2S2. The number of fused-ring (bicyclic) bond motifs is 2. The third-order valence-corrected chi connectivity index (χ3v) is 9.15. The Morgan fingerprint density at radius 3 is 2.34 bits per heavy atom. The standard InChI is InChI=1S/C32H36N2O2S2/c1-3-5-7-9-11-26-14-17-29(37-26)24-13-16-28-31(21-24)38-30-20-23(19-25(22-33)32(35)36)12-15-27(30)34(28)18-10-8-6-4-2/h12-17,19-21H,3-11,18H2,1-2H3,(H,35,36)/b25-19-. The van der Waals surface area contributed by atoms with Gasteiger partial charge in [-0.05, 0) is 72.9 Å². The minimum atomic E-state index is -1.20. The van der Waals surface area contributed by atoms with Crippen molar-refractivity contribution >= 4 is 46.5 Å². The first-order valence-electron chi connectivity index (χ1n) is 13.7. The summed E-state index contributed by atoms with van der Waals surface area (Å²) in [5, 5.41) is 18.5. The first-order valence-corrected chi connectivity index (χ1v) is 15.3. The topological polar surface area (TPSA) is 64.3 Å². The Morgan fingerprint density at radius 1 is 0.921 bits per heavy atom. The molecule has 0 fully saturated rings. The molecule has 0 spiro atoms. The summed E-state index contributed by atoms with van der Waals surface area (Å²) in [7, 11) is 0. The minimum absolute atomic E-state index is 0.256. The second-order valence-electron chi connectivity index (χ2n) is 9.78. The van der Waals surface area contributed by atoms with Crippen LogP contribution in [0.4, 0.5) is 11.4 Å². The lowest BCUT2D eigenvalue weighted by Gasteiger charge is -2.33. The van der Waals surface area contributed by atoms with E-state index >= 15 is 0 Å². The van der Waals surface area contributed by atoms with Crippen LogP contribution in [0.15, 0.2) is 63.9 Å². The van der Waals surface area contributed by atoms with Crippen LogP contribution in [0.2, 0.25) is 0 Å². The summed E-state index contributed by atoms with van der Waals surface area (Å²) in [6.45, 7) is 5.42. The minimum Gasteiger partial charge on any atom is -0.477 e. The molecule has 1 aromatic heterocycles. The number of nitriles is 1. The molecule has 4 nitrogen and oxygen atoms in total. The number of aliphatic carboxylic acids is 1. The summed E-state index contributed by atoms with van der Waals surface area (Å²) in [4.78, 5) is 18.8. The fraction of sp³-hybridized carbons (Fsp3) is 0.375. The molecule has 1 aliphatic rings. The number of unbranched alkanes of at least 4 members (excludes halogenated alkanes) is 6. The summed E-state index contributed by atoms with van der Waals surface area (Å²) in [6, 6.07) is 19.1. The van der Waals surface area contributed by atoms with Gasteiger partial charge in [-0.1, -0.05) is 76.3 Å². The maximum Gasteiger partial charge on any atom is 0.346 e. The largest absolute Gasteiger partial charge is 0.477 e. The second-order valence-corrected chi connectivity index (χ2v) is 12.0. The molecule has 1 N–H and O–H groups in total. The van der Waals surface area contributed by atoms with E-state index in [4.69, 9.17) is 0 Å². The van der Waals surface area contributed by atoms with E-state index in [9.17, 15) is 15.2 Å². The van der Waals surface area contributed by atoms with Crippen molar-refractivity contribution in [2.24, 2.45) is 0 Å². The highest BCUT2D eigenvalue weighted by molar-refractivity contribution is 7.99. The Labute approximate surface area is 235 Å². The second kappa shape index (κ2) is 13.7. The first-order chi connectivity index (χ1) is 18.5. The van der Waals surface area contributed by atoms with Gasteiger partial charge in [0.05, 0.1) is 11.4 Å². The normalized spacial score (nSPS) is 12.7. The zero-order chi connectivity index (χ0) is 26.9. The number of carbonyl (C=O) groups is 1. The summed E-state index contributed by atoms with van der Waals surface area (Å²) < 4.78 is 0. The quantitative estimate of drug-likeness (QED) is 0.132. The molecule has 0 aliphatic carbocycles. The van der Waals surface area contributed by atoms with Crippen molar-refractivity contribution in [2.45, 2.75) is 81.4 Å². The molecule has 0 saturated carbocycles. The van der Waals surface area contributed by atoms with Crippen molar-refractivity contribution in [1.82, 2.24) is 0 Å². The summed E-state index contributed by atoms with van der Waals surface area (Å²) in [5.74, 6) is -1.20. The molecule has 6 heteroatoms. The number of hydrogen-bond acceptors (Lipinski definition) is 5. The summed E-state index contributed by atoms with van der Waals surface area (Å²) >= 11 is 3.62. The van der Waals surface area contributed by atoms with Crippen LogP contribution in [0.1, 0.15) is 75.7 Å². The lowest BCUT2D eigenvalue weighted by molar-refractivity contribution is -0.132. The third kappa shape index (κ3) is 6.89. The predicted octanol–water partition coefficient (Wildman–Crippen LogP) is 9.71. The van der Waals surface area contributed by atoms with E-state index in [-0.39, 0.29) is 5.57 Å². The van der Waals surface area contributed by atoms with E-state index in [1.165, 1.54) is 76.9 Å². The lowest BCUT2D eigenvalue weighted by atomic mass is 10.1. The van der Waals surface area contributed by atoms with E-state index in [1.54, 1.807) is 17.8 Å². The molecule has 0 amide bonds. The zero-order valence-corrected chi connectivity index (χ0v) is 24.0. The van der Waals surface area contributed by atoms with Crippen LogP contribution in [0.25, 0.3) is 16.5 Å². The van der Waals surface area contributed by atoms with Gasteiger partial charge in [0.2, 0.25) is 0 Å². The van der Waals surface area contributed by atoms with Crippen LogP contribution < -0.4 is 4.90 Å². The van der Waals surface area contributed by atoms with Crippen molar-refractivity contribution in [3.8, 4) is 16.5 Å². The van der Waals surface area contributed by atoms with E-state index < -0.39 is 5.97 Å². The van der Waals surface area contributed by atoms with Crippen molar-refractivity contribution < 1.29 is 9.90 Å². The van der Waals surface area contributed by atoms with Crippen LogP contribution in [0.5, 0.6) is 0 Å². The molecule has 0 unspecified atom stereocenters. The van der Waals surface area contributed by atoms with Gasteiger partial charge < -0.3 is 10.0 Å². The predicted molar refractivity (Wildman–Crippen MR) is 161 cm³/mol. The van der Waals surface area contributed by atoms with Crippen LogP contribution in [0.3, 0.4) is 0 Å². The van der Waals surface area contributed by atoms with Crippen molar-refractivity contribution in [3.63, 3.8) is 0 Å². The number of hydrogen-bond donors (Lipinski definition) is 1. The Hall–Kier alpha value is -3.01. The highest BCUT2D eigenvalue weighted by atomic mass is 32.2. The Bertz CT molecular complexity index is 1340. The molecule has 0 saturated heterocycles. The molecule has 0 atom stereocenters. The average molecular weight is 545 g/mol. The van der Waals surface area contributed by atoms with Gasteiger partial charge in [0.15, 0.2) is 0 Å². The van der Waals surface area contributed by atoms with Crippen LogP contribution in [-0.2, 0) is 11.2 Å². The van der Waals surface area contributed by atoms with Gasteiger partial charge in [-0.3, -0.25) is 0 Å². The molecule has 2 aromatic carbocycles. The smallest absolute Gasteiger partial charge is 0.346 e. The third-order valence-electron chi connectivity index (χ3n) is 6.87. The Balaban J connectivity index is 1.63. The summed E-state index contributed by atoms with van der Waals surface area (Å²) in [6.07, 6.45) is 12.5.